The summed E-state index contributed by atoms with van der Waals surface area (Å²) in [5.74, 6) is 2.49. The Morgan fingerprint density at radius 1 is 1.50 bits per heavy atom. The van der Waals surface area contributed by atoms with Gasteiger partial charge >= 0.3 is 0 Å². The van der Waals surface area contributed by atoms with Crippen LogP contribution in [0.15, 0.2) is 0 Å². The van der Waals surface area contributed by atoms with E-state index in [4.69, 9.17) is 5.73 Å². The van der Waals surface area contributed by atoms with E-state index in [2.05, 4.69) is 6.92 Å². The Kier molecular flexibility index (Phi) is 5.33. The molecule has 0 bridgehead atoms. The molecule has 4 heteroatoms. The second-order valence-electron chi connectivity index (χ2n) is 3.66. The highest BCUT2D eigenvalue weighted by Gasteiger charge is 2.23. The van der Waals surface area contributed by atoms with Gasteiger partial charge < -0.3 is 10.6 Å². The molecule has 0 radical (unpaired) electrons. The van der Waals surface area contributed by atoms with Crippen molar-refractivity contribution in [2.75, 3.05) is 31.1 Å². The van der Waals surface area contributed by atoms with E-state index in [0.717, 1.165) is 37.4 Å². The highest BCUT2D eigenvalue weighted by Crippen LogP contribution is 2.14. The van der Waals surface area contributed by atoms with Gasteiger partial charge in [-0.05, 0) is 6.42 Å². The molecule has 3 nitrogen and oxygen atoms in total. The maximum Gasteiger partial charge on any atom is 0.227 e. The highest BCUT2D eigenvalue weighted by molar-refractivity contribution is 7.99. The molecule has 1 unspecified atom stereocenters. The number of hydrogen-bond acceptors (Lipinski definition) is 3. The Morgan fingerprint density at radius 2 is 2.14 bits per heavy atom. The predicted molar refractivity (Wildman–Crippen MR) is 61.4 cm³/mol. The van der Waals surface area contributed by atoms with E-state index in [1.807, 2.05) is 16.7 Å². The molecule has 0 saturated carbocycles. The van der Waals surface area contributed by atoms with Gasteiger partial charge in [-0.3, -0.25) is 4.79 Å². The van der Waals surface area contributed by atoms with Crippen LogP contribution in [-0.4, -0.2) is 41.9 Å². The van der Waals surface area contributed by atoms with E-state index < -0.39 is 0 Å². The quantitative estimate of drug-likeness (QED) is 0.760. The van der Waals surface area contributed by atoms with E-state index in [9.17, 15) is 4.79 Å². The molecule has 1 amide bonds. The minimum absolute atomic E-state index is 0.0584. The molecule has 0 aromatic carbocycles. The Bertz CT molecular complexity index is 174. The monoisotopic (exact) mass is 216 g/mol. The summed E-state index contributed by atoms with van der Waals surface area (Å²) in [5.41, 5.74) is 5.61. The van der Waals surface area contributed by atoms with E-state index in [1.165, 1.54) is 0 Å². The first kappa shape index (κ1) is 11.9. The molecule has 0 aromatic rings. The van der Waals surface area contributed by atoms with Gasteiger partial charge in [-0.25, -0.2) is 0 Å². The molecule has 82 valence electrons. The standard InChI is InChI=1S/C10H20N2OS/c1-2-3-9(8-11)10(13)12-4-6-14-7-5-12/h9H,2-8,11H2,1H3. The SMILES string of the molecule is CCCC(CN)C(=O)N1CCSCC1. The molecule has 1 atom stereocenters. The van der Waals surface area contributed by atoms with Crippen molar-refractivity contribution in [1.29, 1.82) is 0 Å². The zero-order valence-electron chi connectivity index (χ0n) is 8.87. The Morgan fingerprint density at radius 3 is 2.64 bits per heavy atom. The summed E-state index contributed by atoms with van der Waals surface area (Å²) >= 11 is 1.92. The Labute approximate surface area is 90.4 Å². The fourth-order valence-corrected chi connectivity index (χ4v) is 2.64. The molecular weight excluding hydrogens is 196 g/mol. The number of nitrogens with zero attached hydrogens (tertiary/aromatic N) is 1. The molecule has 1 fully saturated rings. The molecule has 1 aliphatic rings. The molecule has 0 aromatic heterocycles. The smallest absolute Gasteiger partial charge is 0.227 e. The van der Waals surface area contributed by atoms with Crippen molar-refractivity contribution in [3.05, 3.63) is 0 Å². The number of rotatable bonds is 4. The van der Waals surface area contributed by atoms with Gasteiger partial charge in [0.2, 0.25) is 5.91 Å². The van der Waals surface area contributed by atoms with Crippen molar-refractivity contribution in [1.82, 2.24) is 4.90 Å². The van der Waals surface area contributed by atoms with Crippen LogP contribution in [0.4, 0.5) is 0 Å². The average molecular weight is 216 g/mol. The third kappa shape index (κ3) is 3.17. The van der Waals surface area contributed by atoms with Crippen molar-refractivity contribution in [3.63, 3.8) is 0 Å². The van der Waals surface area contributed by atoms with Gasteiger partial charge in [-0.1, -0.05) is 13.3 Å². The molecular formula is C10H20N2OS. The average Bonchev–Trinajstić information content (AvgIpc) is 2.26. The van der Waals surface area contributed by atoms with E-state index in [1.54, 1.807) is 0 Å². The van der Waals surface area contributed by atoms with Crippen molar-refractivity contribution in [3.8, 4) is 0 Å². The zero-order chi connectivity index (χ0) is 10.4. The minimum Gasteiger partial charge on any atom is -0.341 e. The molecule has 2 N–H and O–H groups in total. The van der Waals surface area contributed by atoms with Crippen LogP contribution in [0.1, 0.15) is 19.8 Å². The summed E-state index contributed by atoms with van der Waals surface area (Å²) in [6, 6.07) is 0. The minimum atomic E-state index is 0.0584. The highest BCUT2D eigenvalue weighted by atomic mass is 32.2. The van der Waals surface area contributed by atoms with Crippen molar-refractivity contribution in [2.45, 2.75) is 19.8 Å². The van der Waals surface area contributed by atoms with Gasteiger partial charge in [0.1, 0.15) is 0 Å². The first-order valence-corrected chi connectivity index (χ1v) is 6.51. The van der Waals surface area contributed by atoms with Crippen molar-refractivity contribution >= 4 is 17.7 Å². The molecule has 1 heterocycles. The first-order valence-electron chi connectivity index (χ1n) is 5.36. The van der Waals surface area contributed by atoms with Crippen LogP contribution in [0.3, 0.4) is 0 Å². The topological polar surface area (TPSA) is 46.3 Å². The summed E-state index contributed by atoms with van der Waals surface area (Å²) in [6.45, 7) is 4.41. The normalized spacial score (nSPS) is 19.4. The van der Waals surface area contributed by atoms with E-state index in [0.29, 0.717) is 6.54 Å². The lowest BCUT2D eigenvalue weighted by Crippen LogP contribution is -2.43. The zero-order valence-corrected chi connectivity index (χ0v) is 9.68. The maximum atomic E-state index is 12.0. The number of carbonyl (C=O) groups is 1. The third-order valence-electron chi connectivity index (χ3n) is 2.59. The summed E-state index contributed by atoms with van der Waals surface area (Å²) in [4.78, 5) is 13.9. The number of thioether (sulfide) groups is 1. The van der Waals surface area contributed by atoms with E-state index >= 15 is 0 Å². The number of nitrogens with two attached hydrogens (primary N) is 1. The van der Waals surface area contributed by atoms with Gasteiger partial charge in [0.25, 0.3) is 0 Å². The van der Waals surface area contributed by atoms with E-state index in [-0.39, 0.29) is 11.8 Å². The van der Waals surface area contributed by atoms with Crippen LogP contribution in [0.2, 0.25) is 0 Å². The Balaban J connectivity index is 2.43. The van der Waals surface area contributed by atoms with Crippen LogP contribution >= 0.6 is 11.8 Å². The van der Waals surface area contributed by atoms with Gasteiger partial charge in [0, 0.05) is 31.1 Å². The lowest BCUT2D eigenvalue weighted by Gasteiger charge is -2.29. The summed E-state index contributed by atoms with van der Waals surface area (Å²) in [5, 5.41) is 0. The Hall–Kier alpha value is -0.220. The molecule has 1 aliphatic heterocycles. The molecule has 0 aliphatic carbocycles. The molecule has 14 heavy (non-hydrogen) atoms. The fourth-order valence-electron chi connectivity index (χ4n) is 1.73. The lowest BCUT2D eigenvalue weighted by molar-refractivity contribution is -0.135. The maximum absolute atomic E-state index is 12.0. The number of carbonyl (C=O) groups excluding carboxylic acids is 1. The van der Waals surface area contributed by atoms with Crippen LogP contribution in [0, 0.1) is 5.92 Å². The number of hydrogen-bond donors (Lipinski definition) is 1. The summed E-state index contributed by atoms with van der Waals surface area (Å²) in [6.07, 6.45) is 1.97. The lowest BCUT2D eigenvalue weighted by atomic mass is 10.0. The molecule has 0 spiro atoms. The van der Waals surface area contributed by atoms with Crippen molar-refractivity contribution < 1.29 is 4.79 Å². The first-order chi connectivity index (χ1) is 6.79. The largest absolute Gasteiger partial charge is 0.341 e. The van der Waals surface area contributed by atoms with Crippen LogP contribution in [0.5, 0.6) is 0 Å². The third-order valence-corrected chi connectivity index (χ3v) is 3.54. The fraction of sp³-hybridized carbons (Fsp3) is 0.900. The number of amides is 1. The second kappa shape index (κ2) is 6.30. The van der Waals surface area contributed by atoms with Crippen LogP contribution in [-0.2, 0) is 4.79 Å². The van der Waals surface area contributed by atoms with Crippen LogP contribution < -0.4 is 5.73 Å². The van der Waals surface area contributed by atoms with Gasteiger partial charge in [0.15, 0.2) is 0 Å². The predicted octanol–water partition coefficient (Wildman–Crippen LogP) is 0.937. The second-order valence-corrected chi connectivity index (χ2v) is 4.88. The molecule has 1 rings (SSSR count). The summed E-state index contributed by atoms with van der Waals surface area (Å²) in [7, 11) is 0. The van der Waals surface area contributed by atoms with Crippen molar-refractivity contribution in [2.24, 2.45) is 11.7 Å². The van der Waals surface area contributed by atoms with Gasteiger partial charge in [-0.15, -0.1) is 0 Å². The van der Waals surface area contributed by atoms with Gasteiger partial charge in [0.05, 0.1) is 5.92 Å². The summed E-state index contributed by atoms with van der Waals surface area (Å²) < 4.78 is 0. The molecule has 1 saturated heterocycles. The van der Waals surface area contributed by atoms with Crippen LogP contribution in [0.25, 0.3) is 0 Å². The van der Waals surface area contributed by atoms with Gasteiger partial charge in [-0.2, -0.15) is 11.8 Å².